The van der Waals surface area contributed by atoms with Gasteiger partial charge in [0.15, 0.2) is 5.76 Å². The molecule has 7 heteroatoms. The van der Waals surface area contributed by atoms with E-state index in [4.69, 9.17) is 14.6 Å². The van der Waals surface area contributed by atoms with Crippen LogP contribution in [0, 0.1) is 0 Å². The Labute approximate surface area is 180 Å². The fourth-order valence-electron chi connectivity index (χ4n) is 4.01. The van der Waals surface area contributed by atoms with E-state index in [0.717, 1.165) is 22.4 Å². The third-order valence-corrected chi connectivity index (χ3v) is 6.54. The van der Waals surface area contributed by atoms with Crippen molar-refractivity contribution in [3.05, 3.63) is 69.6 Å². The lowest BCUT2D eigenvalue weighted by Crippen LogP contribution is -2.37. The molecule has 3 N–H and O–H groups in total. The number of carbonyl (C=O) groups is 1. The second kappa shape index (κ2) is 9.75. The first-order chi connectivity index (χ1) is 14.7. The fourth-order valence-corrected chi connectivity index (χ4v) is 4.82. The van der Waals surface area contributed by atoms with E-state index in [-0.39, 0.29) is 24.2 Å². The molecule has 4 rings (SSSR count). The van der Waals surface area contributed by atoms with Gasteiger partial charge >= 0.3 is 0 Å². The second-order valence-corrected chi connectivity index (χ2v) is 8.64. The SMILES string of the molecule is O=C(N[C@H]1c2ccccc2C[C@H]1O)C1=C[C@@H](c2cccs2)C[C@@H](OCCCCO)O1. The van der Waals surface area contributed by atoms with Gasteiger partial charge in [-0.15, -0.1) is 11.3 Å². The van der Waals surface area contributed by atoms with E-state index in [1.807, 2.05) is 47.9 Å². The highest BCUT2D eigenvalue weighted by Gasteiger charge is 2.35. The number of rotatable bonds is 8. The maximum Gasteiger partial charge on any atom is 0.286 e. The van der Waals surface area contributed by atoms with Crippen molar-refractivity contribution in [3.63, 3.8) is 0 Å². The minimum absolute atomic E-state index is 0.0307. The molecule has 2 aliphatic rings. The minimum atomic E-state index is -0.658. The van der Waals surface area contributed by atoms with Gasteiger partial charge in [-0.05, 0) is 41.5 Å². The summed E-state index contributed by atoms with van der Waals surface area (Å²) >= 11 is 1.64. The molecule has 160 valence electrons. The zero-order chi connectivity index (χ0) is 20.9. The Bertz CT molecular complexity index is 881. The molecular weight excluding hydrogens is 402 g/mol. The number of fused-ring (bicyclic) bond motifs is 1. The molecule has 0 spiro atoms. The maximum absolute atomic E-state index is 13.0. The molecule has 0 radical (unpaired) electrons. The van der Waals surface area contributed by atoms with Gasteiger partial charge < -0.3 is 25.0 Å². The van der Waals surface area contributed by atoms with Crippen molar-refractivity contribution in [3.8, 4) is 0 Å². The van der Waals surface area contributed by atoms with Crippen LogP contribution >= 0.6 is 11.3 Å². The van der Waals surface area contributed by atoms with Gasteiger partial charge in [-0.25, -0.2) is 0 Å². The lowest BCUT2D eigenvalue weighted by Gasteiger charge is -2.29. The molecule has 30 heavy (non-hydrogen) atoms. The molecule has 0 saturated heterocycles. The lowest BCUT2D eigenvalue weighted by molar-refractivity contribution is -0.147. The lowest BCUT2D eigenvalue weighted by atomic mass is 9.99. The highest BCUT2D eigenvalue weighted by Crippen LogP contribution is 2.35. The van der Waals surface area contributed by atoms with Gasteiger partial charge in [-0.3, -0.25) is 4.79 Å². The van der Waals surface area contributed by atoms with E-state index < -0.39 is 18.4 Å². The summed E-state index contributed by atoms with van der Waals surface area (Å²) in [5.41, 5.74) is 2.00. The Morgan fingerprint density at radius 3 is 2.90 bits per heavy atom. The second-order valence-electron chi connectivity index (χ2n) is 7.66. The average Bonchev–Trinajstić information content (AvgIpc) is 3.40. The summed E-state index contributed by atoms with van der Waals surface area (Å²) in [6.07, 6.45) is 3.22. The number of hydrogen-bond acceptors (Lipinski definition) is 6. The summed E-state index contributed by atoms with van der Waals surface area (Å²) in [4.78, 5) is 14.2. The molecule has 4 atom stereocenters. The Kier molecular flexibility index (Phi) is 6.84. The first-order valence-corrected chi connectivity index (χ1v) is 11.2. The first kappa shape index (κ1) is 21.1. The number of aliphatic hydroxyl groups is 2. The van der Waals surface area contributed by atoms with Crippen LogP contribution in [0.15, 0.2) is 53.6 Å². The predicted molar refractivity (Wildman–Crippen MR) is 114 cm³/mol. The van der Waals surface area contributed by atoms with Crippen molar-refractivity contribution in [1.29, 1.82) is 0 Å². The molecule has 1 aliphatic carbocycles. The highest BCUT2D eigenvalue weighted by atomic mass is 32.1. The molecule has 1 amide bonds. The van der Waals surface area contributed by atoms with E-state index >= 15 is 0 Å². The first-order valence-electron chi connectivity index (χ1n) is 10.4. The summed E-state index contributed by atoms with van der Waals surface area (Å²) in [5, 5.41) is 24.4. The van der Waals surface area contributed by atoms with E-state index in [1.165, 1.54) is 0 Å². The molecule has 6 nitrogen and oxygen atoms in total. The third kappa shape index (κ3) is 4.75. The van der Waals surface area contributed by atoms with Crippen molar-refractivity contribution in [1.82, 2.24) is 5.32 Å². The van der Waals surface area contributed by atoms with Crippen LogP contribution < -0.4 is 5.32 Å². The van der Waals surface area contributed by atoms with Gasteiger partial charge in [0.05, 0.1) is 18.8 Å². The molecule has 1 aromatic carbocycles. The van der Waals surface area contributed by atoms with E-state index in [0.29, 0.717) is 25.9 Å². The summed E-state index contributed by atoms with van der Waals surface area (Å²) in [6.45, 7) is 0.595. The van der Waals surface area contributed by atoms with Crippen LogP contribution in [0.4, 0.5) is 0 Å². The zero-order valence-electron chi connectivity index (χ0n) is 16.7. The number of thiophene rings is 1. The summed E-state index contributed by atoms with van der Waals surface area (Å²) in [5.74, 6) is -0.0903. The molecule has 2 heterocycles. The number of unbranched alkanes of at least 4 members (excludes halogenated alkanes) is 1. The summed E-state index contributed by atoms with van der Waals surface area (Å²) < 4.78 is 11.7. The Hall–Kier alpha value is -2.19. The fraction of sp³-hybridized carbons (Fsp3) is 0.435. The Balaban J connectivity index is 1.48. The van der Waals surface area contributed by atoms with Crippen molar-refractivity contribution < 1.29 is 24.5 Å². The number of aliphatic hydroxyl groups excluding tert-OH is 2. The number of benzene rings is 1. The molecule has 0 unspecified atom stereocenters. The zero-order valence-corrected chi connectivity index (χ0v) is 17.5. The largest absolute Gasteiger partial charge is 0.459 e. The number of allylic oxidation sites excluding steroid dienone is 1. The van der Waals surface area contributed by atoms with Crippen LogP contribution in [0.2, 0.25) is 0 Å². The number of hydrogen-bond donors (Lipinski definition) is 3. The molecular formula is C23H27NO5S. The smallest absolute Gasteiger partial charge is 0.286 e. The third-order valence-electron chi connectivity index (χ3n) is 5.54. The van der Waals surface area contributed by atoms with Crippen LogP contribution in [-0.4, -0.2) is 41.7 Å². The topological polar surface area (TPSA) is 88.0 Å². The molecule has 0 bridgehead atoms. The van der Waals surface area contributed by atoms with Crippen LogP contribution in [-0.2, 0) is 20.7 Å². The van der Waals surface area contributed by atoms with E-state index in [9.17, 15) is 9.90 Å². The van der Waals surface area contributed by atoms with Crippen molar-refractivity contribution in [2.75, 3.05) is 13.2 Å². The summed E-state index contributed by atoms with van der Waals surface area (Å²) in [7, 11) is 0. The molecule has 0 saturated carbocycles. The highest BCUT2D eigenvalue weighted by molar-refractivity contribution is 7.10. The monoisotopic (exact) mass is 429 g/mol. The van der Waals surface area contributed by atoms with E-state index in [2.05, 4.69) is 5.32 Å². The Morgan fingerprint density at radius 2 is 2.10 bits per heavy atom. The van der Waals surface area contributed by atoms with Gasteiger partial charge in [0, 0.05) is 30.2 Å². The molecule has 2 aromatic rings. The Morgan fingerprint density at radius 1 is 1.23 bits per heavy atom. The maximum atomic E-state index is 13.0. The van der Waals surface area contributed by atoms with E-state index in [1.54, 1.807) is 11.3 Å². The van der Waals surface area contributed by atoms with Gasteiger partial charge in [0.25, 0.3) is 5.91 Å². The van der Waals surface area contributed by atoms with Crippen LogP contribution in [0.5, 0.6) is 0 Å². The van der Waals surface area contributed by atoms with Gasteiger partial charge in [0.1, 0.15) is 0 Å². The van der Waals surface area contributed by atoms with Crippen molar-refractivity contribution in [2.45, 2.75) is 50.0 Å². The van der Waals surface area contributed by atoms with Crippen molar-refractivity contribution >= 4 is 17.2 Å². The normalized spacial score (nSPS) is 25.3. The van der Waals surface area contributed by atoms with Crippen LogP contribution in [0.25, 0.3) is 0 Å². The van der Waals surface area contributed by atoms with Crippen LogP contribution in [0.1, 0.15) is 47.2 Å². The number of ether oxygens (including phenoxy) is 2. The molecule has 1 aromatic heterocycles. The number of amides is 1. The average molecular weight is 430 g/mol. The molecule has 1 aliphatic heterocycles. The standard InChI is InChI=1S/C23H27NO5S/c25-9-3-4-10-28-21-14-16(20-8-5-11-30-20)13-19(29-21)23(27)24-22-17-7-2-1-6-15(17)12-18(22)26/h1-2,5-8,11,13,16,18,21-22,25-26H,3-4,9-10,12,14H2,(H,24,27)/t16-,18-,21+,22+/m1/s1. The molecule has 0 fully saturated rings. The van der Waals surface area contributed by atoms with Gasteiger partial charge in [0.2, 0.25) is 6.29 Å². The number of carbonyl (C=O) groups excluding carboxylic acids is 1. The predicted octanol–water partition coefficient (Wildman–Crippen LogP) is 3.03. The minimum Gasteiger partial charge on any atom is -0.459 e. The van der Waals surface area contributed by atoms with Gasteiger partial charge in [-0.1, -0.05) is 30.3 Å². The summed E-state index contributed by atoms with van der Waals surface area (Å²) in [6, 6.07) is 11.4. The quantitative estimate of drug-likeness (QED) is 0.562. The number of nitrogens with one attached hydrogen (secondary N) is 1. The van der Waals surface area contributed by atoms with Crippen LogP contribution in [0.3, 0.4) is 0 Å². The van der Waals surface area contributed by atoms with Crippen molar-refractivity contribution in [2.24, 2.45) is 0 Å². The van der Waals surface area contributed by atoms with Gasteiger partial charge in [-0.2, -0.15) is 0 Å².